The zero-order chi connectivity index (χ0) is 21.4. The largest absolute Gasteiger partial charge is 0.448 e. The molecule has 8 heteroatoms. The van der Waals surface area contributed by atoms with Crippen molar-refractivity contribution in [1.29, 1.82) is 0 Å². The molecule has 0 saturated heterocycles. The van der Waals surface area contributed by atoms with Crippen LogP contribution in [-0.2, 0) is 29.0 Å². The van der Waals surface area contributed by atoms with Crippen molar-refractivity contribution in [2.75, 3.05) is 7.05 Å². The average Bonchev–Trinajstić information content (AvgIpc) is 3.33. The number of ether oxygens (including phenoxy) is 1. The summed E-state index contributed by atoms with van der Waals surface area (Å²) in [4.78, 5) is 45.2. The van der Waals surface area contributed by atoms with Crippen molar-refractivity contribution >= 4 is 33.4 Å². The van der Waals surface area contributed by atoms with Gasteiger partial charge in [0.2, 0.25) is 0 Å². The smallest absolute Gasteiger partial charge is 0.349 e. The van der Waals surface area contributed by atoms with Gasteiger partial charge in [0, 0.05) is 26.6 Å². The fraction of sp³-hybridized carbons (Fsp3) is 0.364. The lowest BCUT2D eigenvalue weighted by molar-refractivity contribution is -0.139. The number of aromatic nitrogens is 2. The Hall–Kier alpha value is -3.00. The predicted molar refractivity (Wildman–Crippen MR) is 115 cm³/mol. The number of thiophene rings is 1. The van der Waals surface area contributed by atoms with Gasteiger partial charge in [-0.15, -0.1) is 11.3 Å². The zero-order valence-corrected chi connectivity index (χ0v) is 18.0. The molecule has 30 heavy (non-hydrogen) atoms. The molecule has 1 aliphatic heterocycles. The number of nitrogens with zero attached hydrogens (tertiary/aromatic N) is 3. The molecule has 0 bridgehead atoms. The predicted octanol–water partition coefficient (Wildman–Crippen LogP) is 2.92. The SMILES string of the molecule is Cc1c(C(=O)OC(C)C(=O)N(C)Cc2ccccc2)sc2nc3n(c(=O)c12)CCC3. The van der Waals surface area contributed by atoms with Crippen molar-refractivity contribution in [1.82, 2.24) is 14.5 Å². The number of fused-ring (bicyclic) bond motifs is 2. The second kappa shape index (κ2) is 8.02. The molecule has 156 valence electrons. The summed E-state index contributed by atoms with van der Waals surface area (Å²) < 4.78 is 7.13. The number of carbonyl (C=O) groups excluding carboxylic acids is 2. The van der Waals surface area contributed by atoms with E-state index in [1.807, 2.05) is 30.3 Å². The molecular weight excluding hydrogens is 402 g/mol. The van der Waals surface area contributed by atoms with E-state index in [9.17, 15) is 14.4 Å². The maximum atomic E-state index is 12.8. The standard InChI is InChI=1S/C22H23N3O4S/c1-13-17-19(23-16-10-7-11-25(16)21(17)27)30-18(13)22(28)29-14(2)20(26)24(3)12-15-8-5-4-6-9-15/h4-6,8-9,14H,7,10-12H2,1-3H3. The van der Waals surface area contributed by atoms with Crippen LogP contribution in [0.1, 0.15) is 40.0 Å². The van der Waals surface area contributed by atoms with Crippen LogP contribution in [0.5, 0.6) is 0 Å². The Morgan fingerprint density at radius 3 is 2.77 bits per heavy atom. The van der Waals surface area contributed by atoms with Crippen molar-refractivity contribution in [3.63, 3.8) is 0 Å². The van der Waals surface area contributed by atoms with Crippen molar-refractivity contribution in [3.8, 4) is 0 Å². The first-order valence-electron chi connectivity index (χ1n) is 9.89. The average molecular weight is 426 g/mol. The van der Waals surface area contributed by atoms with Gasteiger partial charge in [0.05, 0.1) is 5.39 Å². The molecule has 0 saturated carbocycles. The van der Waals surface area contributed by atoms with Gasteiger partial charge in [-0.25, -0.2) is 9.78 Å². The van der Waals surface area contributed by atoms with Crippen LogP contribution < -0.4 is 5.56 Å². The van der Waals surface area contributed by atoms with Gasteiger partial charge in [-0.3, -0.25) is 14.2 Å². The fourth-order valence-corrected chi connectivity index (χ4v) is 4.85. The van der Waals surface area contributed by atoms with Crippen molar-refractivity contribution in [2.45, 2.75) is 45.9 Å². The Morgan fingerprint density at radius 1 is 1.30 bits per heavy atom. The molecule has 2 aromatic heterocycles. The molecule has 0 spiro atoms. The van der Waals surface area contributed by atoms with Gasteiger partial charge in [0.25, 0.3) is 11.5 Å². The van der Waals surface area contributed by atoms with Crippen LogP contribution in [0.4, 0.5) is 0 Å². The number of rotatable bonds is 5. The van der Waals surface area contributed by atoms with E-state index in [2.05, 4.69) is 4.98 Å². The summed E-state index contributed by atoms with van der Waals surface area (Å²) >= 11 is 1.15. The Kier molecular flexibility index (Phi) is 5.42. The van der Waals surface area contributed by atoms with E-state index in [0.717, 1.165) is 35.6 Å². The second-order valence-corrected chi connectivity index (χ2v) is 8.55. The van der Waals surface area contributed by atoms with Crippen LogP contribution in [0, 0.1) is 6.92 Å². The zero-order valence-electron chi connectivity index (χ0n) is 17.2. The van der Waals surface area contributed by atoms with Gasteiger partial charge in [0.15, 0.2) is 6.10 Å². The molecule has 1 amide bonds. The molecule has 3 aromatic rings. The number of aryl methyl sites for hydroxylation is 2. The molecule has 1 atom stereocenters. The lowest BCUT2D eigenvalue weighted by Gasteiger charge is -2.21. The normalized spacial score (nSPS) is 13.8. The van der Waals surface area contributed by atoms with E-state index < -0.39 is 12.1 Å². The highest BCUT2D eigenvalue weighted by molar-refractivity contribution is 7.20. The number of likely N-dealkylation sites (N-methyl/N-ethyl adjacent to an activating group) is 1. The first kappa shape index (κ1) is 20.3. The Morgan fingerprint density at radius 2 is 2.03 bits per heavy atom. The molecular formula is C22H23N3O4S. The van der Waals surface area contributed by atoms with E-state index in [-0.39, 0.29) is 11.5 Å². The van der Waals surface area contributed by atoms with Gasteiger partial charge in [-0.2, -0.15) is 0 Å². The minimum Gasteiger partial charge on any atom is -0.448 e. The highest BCUT2D eigenvalue weighted by atomic mass is 32.1. The van der Waals surface area contributed by atoms with Crippen LogP contribution in [0.2, 0.25) is 0 Å². The fourth-order valence-electron chi connectivity index (χ4n) is 3.78. The lowest BCUT2D eigenvalue weighted by Crippen LogP contribution is -2.37. The minimum absolute atomic E-state index is 0.105. The van der Waals surface area contributed by atoms with E-state index >= 15 is 0 Å². The third-order valence-corrected chi connectivity index (χ3v) is 6.53. The van der Waals surface area contributed by atoms with E-state index in [4.69, 9.17) is 4.74 Å². The van der Waals surface area contributed by atoms with Crippen LogP contribution in [0.15, 0.2) is 35.1 Å². The summed E-state index contributed by atoms with van der Waals surface area (Å²) in [5.41, 5.74) is 1.45. The second-order valence-electron chi connectivity index (χ2n) is 7.55. The lowest BCUT2D eigenvalue weighted by atomic mass is 10.2. The van der Waals surface area contributed by atoms with Gasteiger partial charge in [-0.1, -0.05) is 30.3 Å². The van der Waals surface area contributed by atoms with Crippen LogP contribution >= 0.6 is 11.3 Å². The van der Waals surface area contributed by atoms with Gasteiger partial charge in [0.1, 0.15) is 15.5 Å². The molecule has 3 heterocycles. The third-order valence-electron chi connectivity index (χ3n) is 5.37. The Balaban J connectivity index is 1.51. The molecule has 0 N–H and O–H groups in total. The molecule has 4 rings (SSSR count). The van der Waals surface area contributed by atoms with Crippen molar-refractivity contribution in [2.24, 2.45) is 0 Å². The van der Waals surface area contributed by atoms with E-state index in [1.54, 1.807) is 25.5 Å². The highest BCUT2D eigenvalue weighted by Crippen LogP contribution is 2.29. The van der Waals surface area contributed by atoms with Crippen molar-refractivity contribution < 1.29 is 14.3 Å². The summed E-state index contributed by atoms with van der Waals surface area (Å²) in [6, 6.07) is 9.60. The van der Waals surface area contributed by atoms with Crippen LogP contribution in [0.25, 0.3) is 10.2 Å². The maximum Gasteiger partial charge on any atom is 0.349 e. The summed E-state index contributed by atoms with van der Waals surface area (Å²) in [6.07, 6.45) is 0.736. The molecule has 1 unspecified atom stereocenters. The van der Waals surface area contributed by atoms with Gasteiger partial charge >= 0.3 is 5.97 Å². The number of amides is 1. The van der Waals surface area contributed by atoms with Crippen molar-refractivity contribution in [3.05, 3.63) is 62.5 Å². The summed E-state index contributed by atoms with van der Waals surface area (Å²) in [7, 11) is 1.68. The minimum atomic E-state index is -0.935. The number of carbonyl (C=O) groups is 2. The number of esters is 1. The molecule has 1 aliphatic rings. The van der Waals surface area contributed by atoms with E-state index in [0.29, 0.717) is 33.7 Å². The monoisotopic (exact) mass is 425 g/mol. The maximum absolute atomic E-state index is 12.8. The number of benzene rings is 1. The number of hydrogen-bond acceptors (Lipinski definition) is 6. The van der Waals surface area contributed by atoms with Crippen LogP contribution in [0.3, 0.4) is 0 Å². The topological polar surface area (TPSA) is 81.5 Å². The Bertz CT molecular complexity index is 1180. The van der Waals surface area contributed by atoms with Gasteiger partial charge in [-0.05, 0) is 31.4 Å². The Labute approximate surface area is 177 Å². The molecule has 0 fully saturated rings. The quantitative estimate of drug-likeness (QED) is 0.587. The molecule has 0 radical (unpaired) electrons. The molecule has 7 nitrogen and oxygen atoms in total. The molecule has 1 aromatic carbocycles. The van der Waals surface area contributed by atoms with Gasteiger partial charge < -0.3 is 9.64 Å². The number of hydrogen-bond donors (Lipinski definition) is 0. The first-order chi connectivity index (χ1) is 14.4. The first-order valence-corrected chi connectivity index (χ1v) is 10.7. The molecule has 0 aliphatic carbocycles. The van der Waals surface area contributed by atoms with Crippen LogP contribution in [-0.4, -0.2) is 39.5 Å². The summed E-state index contributed by atoms with van der Waals surface area (Å²) in [5, 5.41) is 0.470. The van der Waals surface area contributed by atoms with E-state index in [1.165, 1.54) is 4.90 Å². The highest BCUT2D eigenvalue weighted by Gasteiger charge is 2.27. The summed E-state index contributed by atoms with van der Waals surface area (Å²) in [5.74, 6) is -0.128. The summed E-state index contributed by atoms with van der Waals surface area (Å²) in [6.45, 7) is 4.38. The third kappa shape index (κ3) is 3.63.